The Hall–Kier alpha value is -2.58. The summed E-state index contributed by atoms with van der Waals surface area (Å²) < 4.78 is 32.2. The standard InChI is InChI=1S/C15H17N3O4S.C2H6/c1-22-14-8-7-11(9-13(14)17-15(19)10-16)18-23(20,21)12-5-3-2-4-6-12;1-2/h2-9,18H,10,16H2,1H3,(H,17,19);1-2H3. The molecule has 0 atom stereocenters. The Morgan fingerprint density at radius 2 is 1.76 bits per heavy atom. The van der Waals surface area contributed by atoms with E-state index in [1.807, 2.05) is 13.8 Å². The van der Waals surface area contributed by atoms with Gasteiger partial charge in [-0.2, -0.15) is 0 Å². The van der Waals surface area contributed by atoms with Crippen LogP contribution in [0.3, 0.4) is 0 Å². The summed E-state index contributed by atoms with van der Waals surface area (Å²) in [6.07, 6.45) is 0. The Labute approximate surface area is 148 Å². The Morgan fingerprint density at radius 3 is 2.32 bits per heavy atom. The third-order valence-electron chi connectivity index (χ3n) is 2.96. The number of anilines is 2. The first-order valence-electron chi connectivity index (χ1n) is 7.72. The molecule has 2 rings (SSSR count). The average molecular weight is 365 g/mol. The normalized spacial score (nSPS) is 10.2. The number of carbonyl (C=O) groups excluding carboxylic acids is 1. The largest absolute Gasteiger partial charge is 0.495 e. The molecule has 25 heavy (non-hydrogen) atoms. The van der Waals surface area contributed by atoms with E-state index in [9.17, 15) is 13.2 Å². The van der Waals surface area contributed by atoms with Crippen LogP contribution in [0.2, 0.25) is 0 Å². The van der Waals surface area contributed by atoms with E-state index in [0.717, 1.165) is 0 Å². The number of carbonyl (C=O) groups is 1. The fourth-order valence-electron chi connectivity index (χ4n) is 1.88. The molecule has 0 heterocycles. The second-order valence-corrected chi connectivity index (χ2v) is 6.27. The molecule has 0 aliphatic heterocycles. The van der Waals surface area contributed by atoms with Crippen LogP contribution < -0.4 is 20.5 Å². The van der Waals surface area contributed by atoms with Gasteiger partial charge >= 0.3 is 0 Å². The summed E-state index contributed by atoms with van der Waals surface area (Å²) in [7, 11) is -2.27. The second kappa shape index (κ2) is 9.65. The van der Waals surface area contributed by atoms with Crippen LogP contribution in [0.25, 0.3) is 0 Å². The fourth-order valence-corrected chi connectivity index (χ4v) is 2.95. The average Bonchev–Trinajstić information content (AvgIpc) is 2.64. The molecule has 0 unspecified atom stereocenters. The van der Waals surface area contributed by atoms with Gasteiger partial charge in [-0.3, -0.25) is 9.52 Å². The van der Waals surface area contributed by atoms with E-state index < -0.39 is 15.9 Å². The minimum Gasteiger partial charge on any atom is -0.495 e. The number of hydrogen-bond acceptors (Lipinski definition) is 5. The van der Waals surface area contributed by atoms with Crippen LogP contribution in [0.5, 0.6) is 5.75 Å². The predicted molar refractivity (Wildman–Crippen MR) is 99.3 cm³/mol. The molecule has 0 aliphatic carbocycles. The maximum absolute atomic E-state index is 12.3. The van der Waals surface area contributed by atoms with E-state index in [4.69, 9.17) is 10.5 Å². The number of nitrogens with two attached hydrogens (primary N) is 1. The van der Waals surface area contributed by atoms with Crippen molar-refractivity contribution in [2.24, 2.45) is 5.73 Å². The van der Waals surface area contributed by atoms with Crippen molar-refractivity contribution >= 4 is 27.3 Å². The lowest BCUT2D eigenvalue weighted by molar-refractivity contribution is -0.114. The molecule has 1 amide bonds. The van der Waals surface area contributed by atoms with Crippen molar-refractivity contribution in [2.45, 2.75) is 18.7 Å². The van der Waals surface area contributed by atoms with E-state index in [0.29, 0.717) is 17.1 Å². The van der Waals surface area contributed by atoms with Crippen LogP contribution in [-0.4, -0.2) is 28.0 Å². The van der Waals surface area contributed by atoms with E-state index >= 15 is 0 Å². The molecular weight excluding hydrogens is 342 g/mol. The molecule has 0 saturated carbocycles. The van der Waals surface area contributed by atoms with Crippen molar-refractivity contribution in [1.82, 2.24) is 0 Å². The minimum atomic E-state index is -3.71. The van der Waals surface area contributed by atoms with E-state index in [-0.39, 0.29) is 11.4 Å². The van der Waals surface area contributed by atoms with E-state index in [1.165, 1.54) is 31.4 Å². The lowest BCUT2D eigenvalue weighted by atomic mass is 10.2. The fraction of sp³-hybridized carbons (Fsp3) is 0.235. The molecule has 0 fully saturated rings. The summed E-state index contributed by atoms with van der Waals surface area (Å²) in [6, 6.07) is 12.5. The van der Waals surface area contributed by atoms with Crippen molar-refractivity contribution in [3.63, 3.8) is 0 Å². The van der Waals surface area contributed by atoms with Gasteiger partial charge in [0.05, 0.1) is 29.9 Å². The van der Waals surface area contributed by atoms with Crippen molar-refractivity contribution in [2.75, 3.05) is 23.7 Å². The molecule has 0 bridgehead atoms. The third-order valence-corrected chi connectivity index (χ3v) is 4.36. The topological polar surface area (TPSA) is 111 Å². The zero-order valence-electron chi connectivity index (χ0n) is 14.4. The summed E-state index contributed by atoms with van der Waals surface area (Å²) >= 11 is 0. The van der Waals surface area contributed by atoms with Gasteiger partial charge in [0.2, 0.25) is 5.91 Å². The number of sulfonamides is 1. The molecule has 2 aromatic carbocycles. The molecule has 0 aliphatic rings. The first kappa shape index (κ1) is 20.5. The van der Waals surface area contributed by atoms with Crippen molar-refractivity contribution in [3.05, 3.63) is 48.5 Å². The molecule has 136 valence electrons. The van der Waals surface area contributed by atoms with Gasteiger partial charge in [-0.05, 0) is 30.3 Å². The highest BCUT2D eigenvalue weighted by molar-refractivity contribution is 7.92. The highest BCUT2D eigenvalue weighted by Gasteiger charge is 2.15. The summed E-state index contributed by atoms with van der Waals surface area (Å²) in [5.41, 5.74) is 5.89. The molecule has 0 aromatic heterocycles. The van der Waals surface area contributed by atoms with Crippen LogP contribution in [0.1, 0.15) is 13.8 Å². The Morgan fingerprint density at radius 1 is 1.12 bits per heavy atom. The number of rotatable bonds is 6. The van der Waals surface area contributed by atoms with Crippen molar-refractivity contribution in [3.8, 4) is 5.75 Å². The van der Waals surface area contributed by atoms with Crippen LogP contribution in [0, 0.1) is 0 Å². The van der Waals surface area contributed by atoms with Crippen LogP contribution in [0.15, 0.2) is 53.4 Å². The van der Waals surface area contributed by atoms with Crippen molar-refractivity contribution in [1.29, 1.82) is 0 Å². The Balaban J connectivity index is 0.00000151. The van der Waals surface area contributed by atoms with Gasteiger partial charge in [0.15, 0.2) is 0 Å². The highest BCUT2D eigenvalue weighted by Crippen LogP contribution is 2.29. The van der Waals surface area contributed by atoms with Gasteiger partial charge in [-0.25, -0.2) is 8.42 Å². The van der Waals surface area contributed by atoms with Crippen LogP contribution >= 0.6 is 0 Å². The quantitative estimate of drug-likeness (QED) is 0.728. The van der Waals surface area contributed by atoms with Gasteiger partial charge in [-0.1, -0.05) is 32.0 Å². The van der Waals surface area contributed by atoms with Gasteiger partial charge in [0, 0.05) is 0 Å². The van der Waals surface area contributed by atoms with Crippen molar-refractivity contribution < 1.29 is 17.9 Å². The second-order valence-electron chi connectivity index (χ2n) is 4.59. The maximum Gasteiger partial charge on any atom is 0.261 e. The molecule has 0 spiro atoms. The lowest BCUT2D eigenvalue weighted by Gasteiger charge is -2.13. The smallest absolute Gasteiger partial charge is 0.261 e. The SMILES string of the molecule is CC.COc1ccc(NS(=O)(=O)c2ccccc2)cc1NC(=O)CN. The maximum atomic E-state index is 12.3. The summed E-state index contributed by atoms with van der Waals surface area (Å²) in [5.74, 6) is -0.0131. The first-order valence-corrected chi connectivity index (χ1v) is 9.20. The monoisotopic (exact) mass is 365 g/mol. The molecular formula is C17H23N3O4S. The molecule has 0 radical (unpaired) electrons. The summed E-state index contributed by atoms with van der Waals surface area (Å²) in [4.78, 5) is 11.6. The zero-order chi connectivity index (χ0) is 18.9. The number of ether oxygens (including phenoxy) is 1. The number of methoxy groups -OCH3 is 1. The van der Waals surface area contributed by atoms with E-state index in [2.05, 4.69) is 10.0 Å². The Kier molecular flexibility index (Phi) is 7.90. The Bertz CT molecular complexity index is 793. The third kappa shape index (κ3) is 5.77. The minimum absolute atomic E-state index is 0.142. The van der Waals surface area contributed by atoms with Crippen LogP contribution in [-0.2, 0) is 14.8 Å². The molecule has 8 heteroatoms. The first-order chi connectivity index (χ1) is 12.0. The van der Waals surface area contributed by atoms with Crippen LogP contribution in [0.4, 0.5) is 11.4 Å². The van der Waals surface area contributed by atoms with E-state index in [1.54, 1.807) is 24.3 Å². The summed E-state index contributed by atoms with van der Waals surface area (Å²) in [6.45, 7) is 3.81. The van der Waals surface area contributed by atoms with Gasteiger partial charge in [0.1, 0.15) is 5.75 Å². The predicted octanol–water partition coefficient (Wildman–Crippen LogP) is 2.42. The zero-order valence-corrected chi connectivity index (χ0v) is 15.3. The highest BCUT2D eigenvalue weighted by atomic mass is 32.2. The van der Waals surface area contributed by atoms with Gasteiger partial charge in [-0.15, -0.1) is 0 Å². The molecule has 7 nitrogen and oxygen atoms in total. The lowest BCUT2D eigenvalue weighted by Crippen LogP contribution is -2.22. The molecule has 0 saturated heterocycles. The number of amides is 1. The van der Waals surface area contributed by atoms with Gasteiger partial charge in [0.25, 0.3) is 10.0 Å². The molecule has 2 aromatic rings. The molecule has 4 N–H and O–H groups in total. The summed E-state index contributed by atoms with van der Waals surface area (Å²) in [5, 5.41) is 2.55. The number of nitrogens with one attached hydrogen (secondary N) is 2. The number of benzene rings is 2. The van der Waals surface area contributed by atoms with Gasteiger partial charge < -0.3 is 15.8 Å². The number of hydrogen-bond donors (Lipinski definition) is 3.